The van der Waals surface area contributed by atoms with Crippen LogP contribution < -0.4 is 5.32 Å². The summed E-state index contributed by atoms with van der Waals surface area (Å²) in [6.07, 6.45) is 6.90. The summed E-state index contributed by atoms with van der Waals surface area (Å²) in [5.74, 6) is 0.831. The maximum absolute atomic E-state index is 6.26. The number of hydrogen-bond acceptors (Lipinski definition) is 6. The predicted molar refractivity (Wildman–Crippen MR) is 90.7 cm³/mol. The monoisotopic (exact) mass is 328 g/mol. The molecule has 128 valence electrons. The molecule has 0 radical (unpaired) electrons. The Morgan fingerprint density at radius 2 is 2.29 bits per heavy atom. The first-order chi connectivity index (χ1) is 11.7. The lowest BCUT2D eigenvalue weighted by Crippen LogP contribution is -2.47. The molecule has 2 fully saturated rings. The molecule has 2 aliphatic heterocycles. The average molecular weight is 328 g/mol. The van der Waals surface area contributed by atoms with Crippen molar-refractivity contribution in [1.82, 2.24) is 15.1 Å². The number of nitrogens with one attached hydrogen (secondary N) is 1. The van der Waals surface area contributed by atoms with Gasteiger partial charge in [-0.15, -0.1) is 5.10 Å². The Morgan fingerprint density at radius 3 is 3.08 bits per heavy atom. The molecule has 0 saturated carbocycles. The molecule has 4 rings (SSSR count). The molecule has 0 aliphatic carbocycles. The summed E-state index contributed by atoms with van der Waals surface area (Å²) in [5.41, 5.74) is 2.13. The predicted octanol–water partition coefficient (Wildman–Crippen LogP) is 2.61. The molecule has 4 heterocycles. The summed E-state index contributed by atoms with van der Waals surface area (Å²) < 4.78 is 11.4. The van der Waals surface area contributed by atoms with Crippen molar-refractivity contribution in [3.8, 4) is 0 Å². The van der Waals surface area contributed by atoms with Gasteiger partial charge in [0.05, 0.1) is 36.5 Å². The highest BCUT2D eigenvalue weighted by Crippen LogP contribution is 2.36. The second-order valence-corrected chi connectivity index (χ2v) is 7.05. The van der Waals surface area contributed by atoms with E-state index >= 15 is 0 Å². The maximum Gasteiger partial charge on any atom is 0.148 e. The minimum Gasteiger partial charge on any atom is -0.472 e. The van der Waals surface area contributed by atoms with Crippen LogP contribution in [0, 0.1) is 6.92 Å². The molecule has 0 aromatic carbocycles. The van der Waals surface area contributed by atoms with Gasteiger partial charge in [0.2, 0.25) is 0 Å². The van der Waals surface area contributed by atoms with Crippen molar-refractivity contribution in [1.29, 1.82) is 0 Å². The van der Waals surface area contributed by atoms with Gasteiger partial charge in [0.15, 0.2) is 0 Å². The quantitative estimate of drug-likeness (QED) is 0.931. The first-order valence-electron chi connectivity index (χ1n) is 8.65. The summed E-state index contributed by atoms with van der Waals surface area (Å²) in [4.78, 5) is 2.47. The molecule has 0 unspecified atom stereocenters. The van der Waals surface area contributed by atoms with E-state index in [1.165, 1.54) is 12.0 Å². The first-order valence-corrected chi connectivity index (χ1v) is 8.65. The lowest BCUT2D eigenvalue weighted by molar-refractivity contribution is -0.0533. The number of likely N-dealkylation sites (tertiary alicyclic amines) is 1. The van der Waals surface area contributed by atoms with E-state index in [1.807, 2.05) is 31.4 Å². The van der Waals surface area contributed by atoms with Crippen LogP contribution in [0.15, 0.2) is 35.1 Å². The highest BCUT2D eigenvalue weighted by atomic mass is 16.5. The molecule has 1 spiro atoms. The van der Waals surface area contributed by atoms with Crippen LogP contribution in [0.2, 0.25) is 0 Å². The van der Waals surface area contributed by atoms with Gasteiger partial charge < -0.3 is 14.5 Å². The van der Waals surface area contributed by atoms with Crippen LogP contribution in [0.4, 0.5) is 5.82 Å². The third-order valence-corrected chi connectivity index (χ3v) is 4.96. The van der Waals surface area contributed by atoms with E-state index in [1.54, 1.807) is 6.26 Å². The van der Waals surface area contributed by atoms with E-state index < -0.39 is 0 Å². The van der Waals surface area contributed by atoms with Crippen molar-refractivity contribution in [2.45, 2.75) is 44.4 Å². The Labute approximate surface area is 142 Å². The fourth-order valence-electron chi connectivity index (χ4n) is 3.87. The SMILES string of the molecule is Cc1ccc(N[C@H]2CO[C@]3(CCCN(Cc4ccoc4)C3)C2)nn1. The van der Waals surface area contributed by atoms with Crippen molar-refractivity contribution >= 4 is 5.82 Å². The fraction of sp³-hybridized carbons (Fsp3) is 0.556. The number of hydrogen-bond donors (Lipinski definition) is 1. The number of aryl methyl sites for hydroxylation is 1. The molecule has 2 aliphatic rings. The summed E-state index contributed by atoms with van der Waals surface area (Å²) >= 11 is 0. The van der Waals surface area contributed by atoms with Gasteiger partial charge in [-0.3, -0.25) is 4.90 Å². The van der Waals surface area contributed by atoms with Crippen LogP contribution in [0.1, 0.15) is 30.5 Å². The van der Waals surface area contributed by atoms with Gasteiger partial charge in [-0.2, -0.15) is 5.10 Å². The number of ether oxygens (including phenoxy) is 1. The molecule has 1 N–H and O–H groups in total. The lowest BCUT2D eigenvalue weighted by Gasteiger charge is -2.39. The zero-order valence-electron chi connectivity index (χ0n) is 14.1. The average Bonchev–Trinajstić information content (AvgIpc) is 3.21. The van der Waals surface area contributed by atoms with Crippen molar-refractivity contribution in [3.05, 3.63) is 42.0 Å². The van der Waals surface area contributed by atoms with E-state index in [9.17, 15) is 0 Å². The Morgan fingerprint density at radius 1 is 1.33 bits per heavy atom. The zero-order valence-corrected chi connectivity index (χ0v) is 14.1. The normalized spacial score (nSPS) is 27.6. The Kier molecular flexibility index (Phi) is 4.24. The van der Waals surface area contributed by atoms with E-state index in [2.05, 4.69) is 20.4 Å². The van der Waals surface area contributed by atoms with Gasteiger partial charge in [0, 0.05) is 25.1 Å². The van der Waals surface area contributed by atoms with Crippen molar-refractivity contribution in [2.75, 3.05) is 25.0 Å². The Bertz CT molecular complexity index is 658. The van der Waals surface area contributed by atoms with Crippen LogP contribution in [0.3, 0.4) is 0 Å². The minimum atomic E-state index is -0.0300. The second kappa shape index (κ2) is 6.53. The highest BCUT2D eigenvalue weighted by molar-refractivity contribution is 5.34. The maximum atomic E-state index is 6.26. The standard InChI is InChI=1S/C18H24N4O2/c1-14-3-4-17(21-20-14)19-16-9-18(24-12-16)6-2-7-22(13-18)10-15-5-8-23-11-15/h3-5,8,11,16H,2,6-7,9-10,12-13H2,1H3,(H,19,21)/t16-,18-/m1/s1. The summed E-state index contributed by atoms with van der Waals surface area (Å²) in [7, 11) is 0. The molecular formula is C18H24N4O2. The van der Waals surface area contributed by atoms with Crippen molar-refractivity contribution in [3.63, 3.8) is 0 Å². The van der Waals surface area contributed by atoms with Crippen molar-refractivity contribution < 1.29 is 9.15 Å². The van der Waals surface area contributed by atoms with Gasteiger partial charge in [-0.1, -0.05) is 0 Å². The summed E-state index contributed by atoms with van der Waals surface area (Å²) in [6.45, 7) is 5.72. The topological polar surface area (TPSA) is 63.4 Å². The summed E-state index contributed by atoms with van der Waals surface area (Å²) in [6, 6.07) is 6.31. The van der Waals surface area contributed by atoms with Crippen molar-refractivity contribution in [2.24, 2.45) is 0 Å². The number of rotatable bonds is 4. The van der Waals surface area contributed by atoms with Crippen LogP contribution in [-0.2, 0) is 11.3 Å². The van der Waals surface area contributed by atoms with Gasteiger partial charge in [-0.25, -0.2) is 0 Å². The molecule has 0 amide bonds. The van der Waals surface area contributed by atoms with Crippen LogP contribution in [0.5, 0.6) is 0 Å². The van der Waals surface area contributed by atoms with E-state index in [-0.39, 0.29) is 5.60 Å². The Hall–Kier alpha value is -1.92. The second-order valence-electron chi connectivity index (χ2n) is 7.05. The van der Waals surface area contributed by atoms with Gasteiger partial charge in [0.25, 0.3) is 0 Å². The molecular weight excluding hydrogens is 304 g/mol. The number of furan rings is 1. The van der Waals surface area contributed by atoms with E-state index in [0.717, 1.165) is 50.6 Å². The summed E-state index contributed by atoms with van der Waals surface area (Å²) in [5, 5.41) is 11.8. The van der Waals surface area contributed by atoms with Gasteiger partial charge >= 0.3 is 0 Å². The highest BCUT2D eigenvalue weighted by Gasteiger charge is 2.43. The van der Waals surface area contributed by atoms with Crippen LogP contribution in [-0.4, -0.2) is 46.4 Å². The third kappa shape index (κ3) is 3.44. The van der Waals surface area contributed by atoms with Gasteiger partial charge in [-0.05, 0) is 44.5 Å². The fourth-order valence-corrected chi connectivity index (χ4v) is 3.87. The first kappa shape index (κ1) is 15.6. The van der Waals surface area contributed by atoms with E-state index in [0.29, 0.717) is 6.04 Å². The number of nitrogens with zero attached hydrogens (tertiary/aromatic N) is 3. The number of anilines is 1. The van der Waals surface area contributed by atoms with Crippen LogP contribution in [0.25, 0.3) is 0 Å². The molecule has 6 heteroatoms. The number of piperidine rings is 1. The van der Waals surface area contributed by atoms with E-state index in [4.69, 9.17) is 9.15 Å². The lowest BCUT2D eigenvalue weighted by atomic mass is 9.88. The minimum absolute atomic E-state index is 0.0300. The zero-order chi connectivity index (χ0) is 16.4. The largest absolute Gasteiger partial charge is 0.472 e. The smallest absolute Gasteiger partial charge is 0.148 e. The molecule has 0 bridgehead atoms. The van der Waals surface area contributed by atoms with Gasteiger partial charge in [0.1, 0.15) is 5.82 Å². The number of aromatic nitrogens is 2. The molecule has 2 atom stereocenters. The van der Waals surface area contributed by atoms with Crippen LogP contribution >= 0.6 is 0 Å². The molecule has 2 saturated heterocycles. The molecule has 2 aromatic rings. The molecule has 24 heavy (non-hydrogen) atoms. The molecule has 2 aromatic heterocycles. The Balaban J connectivity index is 1.36. The molecule has 6 nitrogen and oxygen atoms in total. The third-order valence-electron chi connectivity index (χ3n) is 4.96.